The van der Waals surface area contributed by atoms with Crippen LogP contribution in [0.5, 0.6) is 5.75 Å². The van der Waals surface area contributed by atoms with E-state index in [9.17, 15) is 5.11 Å². The first-order valence-electron chi connectivity index (χ1n) is 5.62. The number of hydrogen-bond donors (Lipinski definition) is 2. The summed E-state index contributed by atoms with van der Waals surface area (Å²) in [5.41, 5.74) is 4.47. The van der Waals surface area contributed by atoms with Crippen molar-refractivity contribution >= 4 is 10.9 Å². The molecule has 0 radical (unpaired) electrons. The maximum Gasteiger partial charge on any atom is 0.117 e. The third-order valence-electron chi connectivity index (χ3n) is 3.10. The van der Waals surface area contributed by atoms with Crippen LogP contribution in [-0.2, 0) is 0 Å². The maximum atomic E-state index is 9.48. The lowest BCUT2D eigenvalue weighted by molar-refractivity contribution is 0.476. The standard InChI is InChI=1S/C15H13NO/c1-10-13-8-7-12(17)9-14(13)16-15(10)11-5-3-2-4-6-11/h2-9,16-17H,1H3. The molecule has 0 fully saturated rings. The van der Waals surface area contributed by atoms with Crippen molar-refractivity contribution in [1.82, 2.24) is 4.98 Å². The first-order chi connectivity index (χ1) is 8.25. The van der Waals surface area contributed by atoms with Crippen molar-refractivity contribution in [3.63, 3.8) is 0 Å². The monoisotopic (exact) mass is 223 g/mol. The number of aromatic hydroxyl groups is 1. The van der Waals surface area contributed by atoms with E-state index < -0.39 is 0 Å². The lowest BCUT2D eigenvalue weighted by Gasteiger charge is -1.99. The molecule has 0 aliphatic rings. The molecule has 3 rings (SSSR count). The third kappa shape index (κ3) is 1.58. The summed E-state index contributed by atoms with van der Waals surface area (Å²) >= 11 is 0. The largest absolute Gasteiger partial charge is 0.508 e. The van der Waals surface area contributed by atoms with Crippen LogP contribution in [-0.4, -0.2) is 10.1 Å². The van der Waals surface area contributed by atoms with Crippen LogP contribution in [0.3, 0.4) is 0 Å². The van der Waals surface area contributed by atoms with Crippen molar-refractivity contribution in [2.45, 2.75) is 6.92 Å². The van der Waals surface area contributed by atoms with Gasteiger partial charge in [0.15, 0.2) is 0 Å². The molecule has 84 valence electrons. The van der Waals surface area contributed by atoms with Crippen LogP contribution >= 0.6 is 0 Å². The molecule has 0 aliphatic heterocycles. The van der Waals surface area contributed by atoms with Crippen molar-refractivity contribution in [2.24, 2.45) is 0 Å². The van der Waals surface area contributed by atoms with Crippen LogP contribution in [0, 0.1) is 6.92 Å². The Balaban J connectivity index is 2.28. The molecule has 0 aliphatic carbocycles. The van der Waals surface area contributed by atoms with Gasteiger partial charge in [0.1, 0.15) is 5.75 Å². The number of rotatable bonds is 1. The van der Waals surface area contributed by atoms with E-state index >= 15 is 0 Å². The van der Waals surface area contributed by atoms with Crippen molar-refractivity contribution in [3.8, 4) is 17.0 Å². The first-order valence-corrected chi connectivity index (χ1v) is 5.62. The Hall–Kier alpha value is -2.22. The highest BCUT2D eigenvalue weighted by Gasteiger charge is 2.09. The van der Waals surface area contributed by atoms with Crippen LogP contribution in [0.25, 0.3) is 22.2 Å². The van der Waals surface area contributed by atoms with Gasteiger partial charge in [-0.15, -0.1) is 0 Å². The van der Waals surface area contributed by atoms with E-state index in [1.807, 2.05) is 24.3 Å². The number of phenolic OH excluding ortho intramolecular Hbond substituents is 1. The van der Waals surface area contributed by atoms with Gasteiger partial charge in [-0.1, -0.05) is 30.3 Å². The Morgan fingerprint density at radius 1 is 1.00 bits per heavy atom. The van der Waals surface area contributed by atoms with Gasteiger partial charge in [0.05, 0.1) is 0 Å². The molecule has 3 aromatic rings. The average molecular weight is 223 g/mol. The van der Waals surface area contributed by atoms with Gasteiger partial charge in [-0.2, -0.15) is 0 Å². The summed E-state index contributed by atoms with van der Waals surface area (Å²) in [6, 6.07) is 15.6. The van der Waals surface area contributed by atoms with Gasteiger partial charge < -0.3 is 10.1 Å². The molecule has 0 atom stereocenters. The molecular formula is C15H13NO. The Kier molecular flexibility index (Phi) is 2.15. The number of aryl methyl sites for hydroxylation is 1. The Labute approximate surface area is 99.5 Å². The fourth-order valence-corrected chi connectivity index (χ4v) is 2.22. The summed E-state index contributed by atoms with van der Waals surface area (Å²) in [6.07, 6.45) is 0. The zero-order valence-electron chi connectivity index (χ0n) is 9.57. The number of fused-ring (bicyclic) bond motifs is 1. The Morgan fingerprint density at radius 2 is 1.76 bits per heavy atom. The summed E-state index contributed by atoms with van der Waals surface area (Å²) < 4.78 is 0. The van der Waals surface area contributed by atoms with Crippen LogP contribution in [0.1, 0.15) is 5.56 Å². The topological polar surface area (TPSA) is 36.0 Å². The maximum absolute atomic E-state index is 9.48. The van der Waals surface area contributed by atoms with Gasteiger partial charge in [0.25, 0.3) is 0 Å². The summed E-state index contributed by atoms with van der Waals surface area (Å²) in [6.45, 7) is 2.10. The van der Waals surface area contributed by atoms with E-state index in [4.69, 9.17) is 0 Å². The molecular weight excluding hydrogens is 210 g/mol. The second-order valence-corrected chi connectivity index (χ2v) is 4.22. The molecule has 0 spiro atoms. The predicted octanol–water partition coefficient (Wildman–Crippen LogP) is 3.85. The molecule has 17 heavy (non-hydrogen) atoms. The second kappa shape index (κ2) is 3.67. The molecule has 1 aromatic heterocycles. The first kappa shape index (κ1) is 9.97. The molecule has 1 heterocycles. The van der Waals surface area contributed by atoms with E-state index in [0.717, 1.165) is 16.6 Å². The van der Waals surface area contributed by atoms with Gasteiger partial charge >= 0.3 is 0 Å². The molecule has 0 bridgehead atoms. The van der Waals surface area contributed by atoms with Crippen LogP contribution < -0.4 is 0 Å². The van der Waals surface area contributed by atoms with E-state index in [1.54, 1.807) is 12.1 Å². The normalized spacial score (nSPS) is 10.9. The van der Waals surface area contributed by atoms with Gasteiger partial charge in [0.2, 0.25) is 0 Å². The molecule has 2 N–H and O–H groups in total. The lowest BCUT2D eigenvalue weighted by Crippen LogP contribution is -1.78. The highest BCUT2D eigenvalue weighted by atomic mass is 16.3. The molecule has 0 saturated heterocycles. The van der Waals surface area contributed by atoms with Crippen molar-refractivity contribution in [3.05, 3.63) is 54.1 Å². The van der Waals surface area contributed by atoms with E-state index in [1.165, 1.54) is 11.1 Å². The Morgan fingerprint density at radius 3 is 2.53 bits per heavy atom. The minimum absolute atomic E-state index is 0.290. The van der Waals surface area contributed by atoms with Gasteiger partial charge in [-0.25, -0.2) is 0 Å². The molecule has 2 nitrogen and oxygen atoms in total. The molecule has 0 saturated carbocycles. The van der Waals surface area contributed by atoms with Crippen LogP contribution in [0.4, 0.5) is 0 Å². The number of aromatic nitrogens is 1. The van der Waals surface area contributed by atoms with Gasteiger partial charge in [0, 0.05) is 22.7 Å². The van der Waals surface area contributed by atoms with Gasteiger partial charge in [-0.05, 0) is 30.2 Å². The summed E-state index contributed by atoms with van der Waals surface area (Å²) in [4.78, 5) is 3.36. The number of phenols is 1. The third-order valence-corrected chi connectivity index (χ3v) is 3.10. The lowest BCUT2D eigenvalue weighted by atomic mass is 10.1. The summed E-state index contributed by atoms with van der Waals surface area (Å²) in [5.74, 6) is 0.290. The smallest absolute Gasteiger partial charge is 0.117 e. The number of nitrogens with one attached hydrogen (secondary N) is 1. The molecule has 2 aromatic carbocycles. The van der Waals surface area contributed by atoms with Crippen LogP contribution in [0.2, 0.25) is 0 Å². The van der Waals surface area contributed by atoms with E-state index in [2.05, 4.69) is 24.0 Å². The van der Waals surface area contributed by atoms with Crippen molar-refractivity contribution in [2.75, 3.05) is 0 Å². The minimum atomic E-state index is 0.290. The highest BCUT2D eigenvalue weighted by Crippen LogP contribution is 2.30. The van der Waals surface area contributed by atoms with E-state index in [-0.39, 0.29) is 0 Å². The fraction of sp³-hybridized carbons (Fsp3) is 0.0667. The molecule has 0 amide bonds. The van der Waals surface area contributed by atoms with Gasteiger partial charge in [-0.3, -0.25) is 0 Å². The fourth-order valence-electron chi connectivity index (χ4n) is 2.22. The SMILES string of the molecule is Cc1c(-c2ccccc2)[nH]c2cc(O)ccc12. The number of H-pyrrole nitrogens is 1. The zero-order valence-corrected chi connectivity index (χ0v) is 9.57. The number of benzene rings is 2. The quantitative estimate of drug-likeness (QED) is 0.645. The number of aromatic amines is 1. The highest BCUT2D eigenvalue weighted by molar-refractivity contribution is 5.91. The number of hydrogen-bond acceptors (Lipinski definition) is 1. The van der Waals surface area contributed by atoms with Crippen LogP contribution in [0.15, 0.2) is 48.5 Å². The minimum Gasteiger partial charge on any atom is -0.508 e. The Bertz CT molecular complexity index is 668. The van der Waals surface area contributed by atoms with Crippen molar-refractivity contribution < 1.29 is 5.11 Å². The molecule has 0 unspecified atom stereocenters. The second-order valence-electron chi connectivity index (χ2n) is 4.22. The zero-order chi connectivity index (χ0) is 11.8. The average Bonchev–Trinajstić information content (AvgIpc) is 2.67. The summed E-state index contributed by atoms with van der Waals surface area (Å²) in [5, 5.41) is 10.6. The van der Waals surface area contributed by atoms with E-state index in [0.29, 0.717) is 5.75 Å². The predicted molar refractivity (Wildman–Crippen MR) is 70.1 cm³/mol. The van der Waals surface area contributed by atoms with Crippen molar-refractivity contribution in [1.29, 1.82) is 0 Å². The summed E-state index contributed by atoms with van der Waals surface area (Å²) in [7, 11) is 0. The molecule has 2 heteroatoms.